The number of nitrogens with one attached hydrogen (secondary N) is 1. The Labute approximate surface area is 227 Å². The van der Waals surface area contributed by atoms with Crippen molar-refractivity contribution in [1.29, 1.82) is 0 Å². The lowest BCUT2D eigenvalue weighted by molar-refractivity contribution is -0.164. The molecule has 0 saturated heterocycles. The van der Waals surface area contributed by atoms with Crippen molar-refractivity contribution < 1.29 is 26.8 Å². The SMILES string of the molecule is O=C(CC1CCC(S(=O)(=O)CC2CC2)CC1)NC1CCC(C(=O)N(C2CCCCC2)C2CC(F)(F)C2)CC1. The molecule has 0 aliphatic heterocycles. The van der Waals surface area contributed by atoms with Crippen LogP contribution in [-0.4, -0.2) is 60.2 Å². The van der Waals surface area contributed by atoms with Gasteiger partial charge in [0.15, 0.2) is 9.84 Å². The van der Waals surface area contributed by atoms with Gasteiger partial charge in [0, 0.05) is 43.3 Å². The van der Waals surface area contributed by atoms with Crippen LogP contribution in [0.1, 0.15) is 116 Å². The minimum atomic E-state index is -3.00. The van der Waals surface area contributed by atoms with Gasteiger partial charge < -0.3 is 10.2 Å². The fourth-order valence-electron chi connectivity index (χ4n) is 7.53. The zero-order valence-corrected chi connectivity index (χ0v) is 23.5. The molecule has 5 rings (SSSR count). The van der Waals surface area contributed by atoms with Gasteiger partial charge in [-0.05, 0) is 88.9 Å². The number of alkyl halides is 2. The average Bonchev–Trinajstić information content (AvgIpc) is 3.68. The lowest BCUT2D eigenvalue weighted by Gasteiger charge is -2.48. The van der Waals surface area contributed by atoms with Crippen LogP contribution in [0.2, 0.25) is 0 Å². The van der Waals surface area contributed by atoms with Gasteiger partial charge in [-0.1, -0.05) is 19.3 Å². The molecule has 0 aromatic rings. The molecule has 0 radical (unpaired) electrons. The maximum absolute atomic E-state index is 13.7. The van der Waals surface area contributed by atoms with E-state index >= 15 is 0 Å². The largest absolute Gasteiger partial charge is 0.353 e. The molecule has 9 heteroatoms. The van der Waals surface area contributed by atoms with E-state index in [1.807, 2.05) is 4.90 Å². The van der Waals surface area contributed by atoms with Crippen LogP contribution in [0.25, 0.3) is 0 Å². The number of hydrogen-bond acceptors (Lipinski definition) is 4. The van der Waals surface area contributed by atoms with Crippen LogP contribution in [0, 0.1) is 17.8 Å². The van der Waals surface area contributed by atoms with E-state index in [1.165, 1.54) is 0 Å². The highest BCUT2D eigenvalue weighted by Gasteiger charge is 2.51. The number of rotatable bonds is 9. The number of sulfone groups is 1. The number of carbonyl (C=O) groups excluding carboxylic acids is 2. The third kappa shape index (κ3) is 7.08. The molecule has 5 saturated carbocycles. The molecule has 5 aliphatic rings. The van der Waals surface area contributed by atoms with Crippen molar-refractivity contribution in [2.24, 2.45) is 17.8 Å². The molecule has 5 aliphatic carbocycles. The highest BCUT2D eigenvalue weighted by molar-refractivity contribution is 7.92. The normalized spacial score (nSPS) is 32.8. The Bertz CT molecular complexity index is 940. The highest BCUT2D eigenvalue weighted by Crippen LogP contribution is 2.44. The van der Waals surface area contributed by atoms with E-state index in [1.54, 1.807) is 0 Å². The zero-order valence-electron chi connectivity index (χ0n) is 22.7. The van der Waals surface area contributed by atoms with Gasteiger partial charge in [-0.2, -0.15) is 0 Å². The van der Waals surface area contributed by atoms with Gasteiger partial charge in [-0.15, -0.1) is 0 Å². The molecule has 0 unspecified atom stereocenters. The molecule has 216 valence electrons. The summed E-state index contributed by atoms with van der Waals surface area (Å²) >= 11 is 0. The van der Waals surface area contributed by atoms with Crippen molar-refractivity contribution in [2.75, 3.05) is 5.75 Å². The molecule has 2 amide bonds. The minimum absolute atomic E-state index is 0.0320. The van der Waals surface area contributed by atoms with Gasteiger partial charge >= 0.3 is 0 Å². The number of carbonyl (C=O) groups is 2. The van der Waals surface area contributed by atoms with Gasteiger partial charge in [0.25, 0.3) is 5.92 Å². The van der Waals surface area contributed by atoms with Crippen LogP contribution < -0.4 is 5.32 Å². The van der Waals surface area contributed by atoms with Crippen molar-refractivity contribution in [2.45, 2.75) is 145 Å². The Hall–Kier alpha value is -1.25. The minimum Gasteiger partial charge on any atom is -0.353 e. The Kier molecular flexibility index (Phi) is 8.71. The lowest BCUT2D eigenvalue weighted by atomic mass is 9.80. The van der Waals surface area contributed by atoms with Crippen molar-refractivity contribution in [3.05, 3.63) is 0 Å². The molecule has 38 heavy (non-hydrogen) atoms. The van der Waals surface area contributed by atoms with Gasteiger partial charge in [0.05, 0.1) is 11.0 Å². The van der Waals surface area contributed by atoms with Crippen molar-refractivity contribution >= 4 is 21.7 Å². The molecule has 0 bridgehead atoms. The molecular weight excluding hydrogens is 510 g/mol. The summed E-state index contributed by atoms with van der Waals surface area (Å²) in [5.41, 5.74) is 0. The fourth-order valence-corrected chi connectivity index (χ4v) is 9.79. The Morgan fingerprint density at radius 1 is 0.763 bits per heavy atom. The first-order chi connectivity index (χ1) is 18.1. The second-order valence-electron chi connectivity index (χ2n) is 13.2. The molecule has 1 N–H and O–H groups in total. The molecule has 0 atom stereocenters. The standard InChI is InChI=1S/C29H46F2N2O4S/c30-29(31)17-25(18-29)33(24-4-2-1-3-5-24)28(35)22-10-12-23(13-11-22)32-27(34)16-20-8-14-26(15-9-20)38(36,37)19-21-6-7-21/h20-26H,1-19H2,(H,32,34). The molecular formula is C29H46F2N2O4S. The summed E-state index contributed by atoms with van der Waals surface area (Å²) in [7, 11) is -3.00. The summed E-state index contributed by atoms with van der Waals surface area (Å²) in [6, 6.07) is -0.164. The quantitative estimate of drug-likeness (QED) is 0.413. The first kappa shape index (κ1) is 28.3. The molecule has 0 spiro atoms. The van der Waals surface area contributed by atoms with E-state index in [2.05, 4.69) is 5.32 Å². The van der Waals surface area contributed by atoms with E-state index in [9.17, 15) is 26.8 Å². The summed E-state index contributed by atoms with van der Waals surface area (Å²) in [4.78, 5) is 28.2. The summed E-state index contributed by atoms with van der Waals surface area (Å²) in [6.07, 6.45) is 13.1. The van der Waals surface area contributed by atoms with Crippen LogP contribution in [0.4, 0.5) is 8.78 Å². The number of nitrogens with zero attached hydrogens (tertiary/aromatic N) is 1. The smallest absolute Gasteiger partial charge is 0.252 e. The third-order valence-electron chi connectivity index (χ3n) is 10.1. The predicted octanol–water partition coefficient (Wildman–Crippen LogP) is 5.39. The maximum Gasteiger partial charge on any atom is 0.252 e. The van der Waals surface area contributed by atoms with Gasteiger partial charge in [0.2, 0.25) is 11.8 Å². The van der Waals surface area contributed by atoms with Crippen LogP contribution in [0.15, 0.2) is 0 Å². The fraction of sp³-hybridized carbons (Fsp3) is 0.931. The van der Waals surface area contributed by atoms with Crippen LogP contribution in [0.5, 0.6) is 0 Å². The first-order valence-corrected chi connectivity index (χ1v) is 17.0. The van der Waals surface area contributed by atoms with Crippen LogP contribution in [0.3, 0.4) is 0 Å². The molecule has 5 fully saturated rings. The lowest BCUT2D eigenvalue weighted by Crippen LogP contribution is -2.58. The van der Waals surface area contributed by atoms with E-state index in [0.717, 1.165) is 70.6 Å². The highest BCUT2D eigenvalue weighted by atomic mass is 32.2. The molecule has 0 heterocycles. The maximum atomic E-state index is 13.7. The Morgan fingerprint density at radius 3 is 1.95 bits per heavy atom. The third-order valence-corrected chi connectivity index (χ3v) is 12.5. The number of hydrogen-bond donors (Lipinski definition) is 1. The Morgan fingerprint density at radius 2 is 1.37 bits per heavy atom. The number of amides is 2. The summed E-state index contributed by atoms with van der Waals surface area (Å²) in [6.45, 7) is 0. The van der Waals surface area contributed by atoms with Crippen molar-refractivity contribution in [3.63, 3.8) is 0 Å². The second kappa shape index (κ2) is 11.7. The molecule has 6 nitrogen and oxygen atoms in total. The van der Waals surface area contributed by atoms with Gasteiger partial charge in [-0.3, -0.25) is 9.59 Å². The van der Waals surface area contributed by atoms with E-state index < -0.39 is 15.8 Å². The van der Waals surface area contributed by atoms with E-state index in [-0.39, 0.29) is 59.9 Å². The zero-order chi connectivity index (χ0) is 26.9. The summed E-state index contributed by atoms with van der Waals surface area (Å²) in [5.74, 6) is -1.70. The molecule has 0 aromatic heterocycles. The summed E-state index contributed by atoms with van der Waals surface area (Å²) < 4.78 is 52.5. The topological polar surface area (TPSA) is 83.5 Å². The van der Waals surface area contributed by atoms with Crippen LogP contribution >= 0.6 is 0 Å². The van der Waals surface area contributed by atoms with Crippen molar-refractivity contribution in [1.82, 2.24) is 10.2 Å². The number of halogens is 2. The molecule has 0 aromatic carbocycles. The second-order valence-corrected chi connectivity index (χ2v) is 15.5. The predicted molar refractivity (Wildman–Crippen MR) is 142 cm³/mol. The van der Waals surface area contributed by atoms with E-state index in [4.69, 9.17) is 0 Å². The van der Waals surface area contributed by atoms with Crippen molar-refractivity contribution in [3.8, 4) is 0 Å². The summed E-state index contributed by atoms with van der Waals surface area (Å²) in [5, 5.41) is 2.94. The van der Waals surface area contributed by atoms with E-state index in [0.29, 0.717) is 43.8 Å². The van der Waals surface area contributed by atoms with Crippen LogP contribution in [-0.2, 0) is 19.4 Å². The monoisotopic (exact) mass is 556 g/mol. The Balaban J connectivity index is 1.05. The van der Waals surface area contributed by atoms with Gasteiger partial charge in [0.1, 0.15) is 0 Å². The average molecular weight is 557 g/mol. The first-order valence-electron chi connectivity index (χ1n) is 15.3. The van der Waals surface area contributed by atoms with Gasteiger partial charge in [-0.25, -0.2) is 17.2 Å².